The standard InChI is InChI=1S/C18H20N2S/c1-3-19-12-14-8-9-15(13(2)10-14)11-18-20-16-6-4-5-7-17(16)21-18/h4-10,19H,3,11-12H2,1-2H3. The lowest BCUT2D eigenvalue weighted by Gasteiger charge is -2.08. The molecule has 0 atom stereocenters. The SMILES string of the molecule is CCNCc1ccc(Cc2nc3ccccc3s2)c(C)c1. The first-order valence-corrected chi connectivity index (χ1v) is 8.21. The van der Waals surface area contributed by atoms with Crippen LogP contribution in [-0.4, -0.2) is 11.5 Å². The van der Waals surface area contributed by atoms with Crippen molar-refractivity contribution in [2.45, 2.75) is 26.8 Å². The van der Waals surface area contributed by atoms with Crippen molar-refractivity contribution in [3.8, 4) is 0 Å². The van der Waals surface area contributed by atoms with Crippen LogP contribution in [0.1, 0.15) is 28.6 Å². The summed E-state index contributed by atoms with van der Waals surface area (Å²) in [5, 5.41) is 4.56. The Labute approximate surface area is 129 Å². The summed E-state index contributed by atoms with van der Waals surface area (Å²) in [6.45, 7) is 6.28. The van der Waals surface area contributed by atoms with Crippen LogP contribution in [-0.2, 0) is 13.0 Å². The maximum atomic E-state index is 4.73. The van der Waals surface area contributed by atoms with Crippen LogP contribution < -0.4 is 5.32 Å². The van der Waals surface area contributed by atoms with Crippen molar-refractivity contribution in [1.29, 1.82) is 0 Å². The minimum Gasteiger partial charge on any atom is -0.313 e. The molecule has 108 valence electrons. The molecule has 2 nitrogen and oxygen atoms in total. The molecule has 0 aliphatic rings. The lowest BCUT2D eigenvalue weighted by molar-refractivity contribution is 0.726. The van der Waals surface area contributed by atoms with Crippen LogP contribution in [0.3, 0.4) is 0 Å². The van der Waals surface area contributed by atoms with E-state index in [1.807, 2.05) is 6.07 Å². The first-order valence-electron chi connectivity index (χ1n) is 7.40. The summed E-state index contributed by atoms with van der Waals surface area (Å²) in [4.78, 5) is 4.73. The Kier molecular flexibility index (Phi) is 4.32. The Morgan fingerprint density at radius 3 is 2.76 bits per heavy atom. The summed E-state index contributed by atoms with van der Waals surface area (Å²) in [5.74, 6) is 0. The number of aryl methyl sites for hydroxylation is 1. The van der Waals surface area contributed by atoms with Crippen LogP contribution in [0.5, 0.6) is 0 Å². The molecular weight excluding hydrogens is 276 g/mol. The first-order chi connectivity index (χ1) is 10.3. The highest BCUT2D eigenvalue weighted by Crippen LogP contribution is 2.24. The van der Waals surface area contributed by atoms with Crippen molar-refractivity contribution in [2.24, 2.45) is 0 Å². The molecule has 0 spiro atoms. The topological polar surface area (TPSA) is 24.9 Å². The number of aromatic nitrogens is 1. The number of hydrogen-bond acceptors (Lipinski definition) is 3. The second kappa shape index (κ2) is 6.37. The van der Waals surface area contributed by atoms with E-state index in [2.05, 4.69) is 55.6 Å². The van der Waals surface area contributed by atoms with Gasteiger partial charge in [-0.05, 0) is 42.3 Å². The van der Waals surface area contributed by atoms with Crippen molar-refractivity contribution in [3.05, 3.63) is 64.2 Å². The largest absolute Gasteiger partial charge is 0.313 e. The first kappa shape index (κ1) is 14.2. The summed E-state index contributed by atoms with van der Waals surface area (Å²) < 4.78 is 1.27. The van der Waals surface area contributed by atoms with Crippen molar-refractivity contribution in [3.63, 3.8) is 0 Å². The van der Waals surface area contributed by atoms with Gasteiger partial charge in [-0.2, -0.15) is 0 Å². The van der Waals surface area contributed by atoms with Crippen LogP contribution in [0, 0.1) is 6.92 Å². The van der Waals surface area contributed by atoms with E-state index in [1.54, 1.807) is 11.3 Å². The molecule has 0 fully saturated rings. The normalized spacial score (nSPS) is 11.1. The summed E-state index contributed by atoms with van der Waals surface area (Å²) in [6, 6.07) is 15.1. The van der Waals surface area contributed by atoms with Gasteiger partial charge in [0.05, 0.1) is 15.2 Å². The molecule has 0 bridgehead atoms. The third kappa shape index (κ3) is 3.31. The quantitative estimate of drug-likeness (QED) is 0.759. The van der Waals surface area contributed by atoms with E-state index < -0.39 is 0 Å². The summed E-state index contributed by atoms with van der Waals surface area (Å²) >= 11 is 1.80. The van der Waals surface area contributed by atoms with E-state index in [9.17, 15) is 0 Å². The highest BCUT2D eigenvalue weighted by Gasteiger charge is 2.06. The van der Waals surface area contributed by atoms with Gasteiger partial charge in [0.1, 0.15) is 0 Å². The maximum absolute atomic E-state index is 4.73. The number of hydrogen-bond donors (Lipinski definition) is 1. The number of para-hydroxylation sites is 1. The molecule has 0 radical (unpaired) electrons. The average molecular weight is 296 g/mol. The molecule has 1 heterocycles. The van der Waals surface area contributed by atoms with Gasteiger partial charge < -0.3 is 5.32 Å². The minimum atomic E-state index is 0.923. The number of benzene rings is 2. The molecule has 0 aliphatic heterocycles. The summed E-state index contributed by atoms with van der Waals surface area (Å²) in [7, 11) is 0. The lowest BCUT2D eigenvalue weighted by atomic mass is 10.0. The van der Waals surface area contributed by atoms with Gasteiger partial charge in [0.15, 0.2) is 0 Å². The molecular formula is C18H20N2S. The fourth-order valence-corrected chi connectivity index (χ4v) is 3.48. The predicted molar refractivity (Wildman–Crippen MR) is 91.0 cm³/mol. The number of nitrogens with one attached hydrogen (secondary N) is 1. The van der Waals surface area contributed by atoms with E-state index >= 15 is 0 Å². The van der Waals surface area contributed by atoms with Gasteiger partial charge in [0.25, 0.3) is 0 Å². The second-order valence-electron chi connectivity index (χ2n) is 5.29. The second-order valence-corrected chi connectivity index (χ2v) is 6.41. The number of nitrogens with zero attached hydrogens (tertiary/aromatic N) is 1. The van der Waals surface area contributed by atoms with Crippen LogP contribution in [0.25, 0.3) is 10.2 Å². The number of fused-ring (bicyclic) bond motifs is 1. The summed E-state index contributed by atoms with van der Waals surface area (Å²) in [6.07, 6.45) is 0.923. The zero-order chi connectivity index (χ0) is 14.7. The molecule has 0 saturated heterocycles. The summed E-state index contributed by atoms with van der Waals surface area (Å²) in [5.41, 5.74) is 5.18. The van der Waals surface area contributed by atoms with Crippen molar-refractivity contribution < 1.29 is 0 Å². The van der Waals surface area contributed by atoms with Crippen LogP contribution in [0.15, 0.2) is 42.5 Å². The Morgan fingerprint density at radius 2 is 2.00 bits per heavy atom. The minimum absolute atomic E-state index is 0.923. The molecule has 0 aliphatic carbocycles. The fourth-order valence-electron chi connectivity index (χ4n) is 2.49. The zero-order valence-electron chi connectivity index (χ0n) is 12.5. The monoisotopic (exact) mass is 296 g/mol. The molecule has 0 amide bonds. The zero-order valence-corrected chi connectivity index (χ0v) is 13.3. The number of thiazole rings is 1. The van der Waals surface area contributed by atoms with Gasteiger partial charge in [0, 0.05) is 13.0 Å². The maximum Gasteiger partial charge on any atom is 0.0982 e. The van der Waals surface area contributed by atoms with Crippen LogP contribution in [0.2, 0.25) is 0 Å². The predicted octanol–water partition coefficient (Wildman–Crippen LogP) is 4.31. The van der Waals surface area contributed by atoms with Crippen LogP contribution >= 0.6 is 11.3 Å². The molecule has 1 aromatic heterocycles. The molecule has 21 heavy (non-hydrogen) atoms. The Bertz CT molecular complexity index is 713. The molecule has 3 rings (SSSR count). The van der Waals surface area contributed by atoms with Gasteiger partial charge in [0.2, 0.25) is 0 Å². The van der Waals surface area contributed by atoms with E-state index in [0.29, 0.717) is 0 Å². The van der Waals surface area contributed by atoms with Crippen molar-refractivity contribution in [2.75, 3.05) is 6.54 Å². The molecule has 3 aromatic rings. The van der Waals surface area contributed by atoms with Crippen LogP contribution in [0.4, 0.5) is 0 Å². The van der Waals surface area contributed by atoms with Gasteiger partial charge in [-0.25, -0.2) is 4.98 Å². The van der Waals surface area contributed by atoms with E-state index in [-0.39, 0.29) is 0 Å². The van der Waals surface area contributed by atoms with Gasteiger partial charge >= 0.3 is 0 Å². The third-order valence-corrected chi connectivity index (χ3v) is 4.70. The molecule has 0 unspecified atom stereocenters. The van der Waals surface area contributed by atoms with Crippen molar-refractivity contribution >= 4 is 21.6 Å². The molecule has 0 saturated carbocycles. The van der Waals surface area contributed by atoms with E-state index in [0.717, 1.165) is 25.0 Å². The fraction of sp³-hybridized carbons (Fsp3) is 0.278. The van der Waals surface area contributed by atoms with Gasteiger partial charge in [-0.3, -0.25) is 0 Å². The highest BCUT2D eigenvalue weighted by molar-refractivity contribution is 7.18. The molecule has 1 N–H and O–H groups in total. The van der Waals surface area contributed by atoms with Crippen molar-refractivity contribution in [1.82, 2.24) is 10.3 Å². The van der Waals surface area contributed by atoms with E-state index in [4.69, 9.17) is 4.98 Å². The molecule has 2 aromatic carbocycles. The Morgan fingerprint density at radius 1 is 1.14 bits per heavy atom. The number of rotatable bonds is 5. The Hall–Kier alpha value is -1.71. The van der Waals surface area contributed by atoms with Gasteiger partial charge in [-0.1, -0.05) is 37.3 Å². The Balaban J connectivity index is 1.80. The molecule has 3 heteroatoms. The van der Waals surface area contributed by atoms with E-state index in [1.165, 1.54) is 26.4 Å². The third-order valence-electron chi connectivity index (χ3n) is 3.67. The highest BCUT2D eigenvalue weighted by atomic mass is 32.1. The lowest BCUT2D eigenvalue weighted by Crippen LogP contribution is -2.11. The smallest absolute Gasteiger partial charge is 0.0982 e. The average Bonchev–Trinajstić information content (AvgIpc) is 2.90. The van der Waals surface area contributed by atoms with Gasteiger partial charge in [-0.15, -0.1) is 11.3 Å².